The Morgan fingerprint density at radius 2 is 1.89 bits per heavy atom. The molecular formula is C20H26N4O3S. The van der Waals surface area contributed by atoms with Crippen LogP contribution in [0.4, 0.5) is 5.69 Å². The molecule has 1 fully saturated rings. The van der Waals surface area contributed by atoms with Gasteiger partial charge in [0.1, 0.15) is 0 Å². The highest BCUT2D eigenvalue weighted by Crippen LogP contribution is 2.29. The van der Waals surface area contributed by atoms with Crippen molar-refractivity contribution in [1.29, 1.82) is 0 Å². The third-order valence-electron chi connectivity index (χ3n) is 5.25. The summed E-state index contributed by atoms with van der Waals surface area (Å²) in [6, 6.07) is 9.91. The average molecular weight is 403 g/mol. The van der Waals surface area contributed by atoms with Gasteiger partial charge < -0.3 is 10.2 Å². The maximum absolute atomic E-state index is 12.7. The average Bonchev–Trinajstić information content (AvgIpc) is 3.23. The van der Waals surface area contributed by atoms with Crippen LogP contribution < -0.4 is 5.32 Å². The molecule has 2 atom stereocenters. The standard InChI is InChI=1S/C20H26N4O3S/c1-3-22-10-12-23(13-11-22)19(18-5-4-14-28-18)15(2)21-20(25)16-6-8-17(9-7-16)24(26)27/h4-9,14-15,19H,3,10-13H2,1-2H3,(H,21,25)/t15-,19+/m1/s1. The lowest BCUT2D eigenvalue weighted by Crippen LogP contribution is -2.52. The fraction of sp³-hybridized carbons (Fsp3) is 0.450. The van der Waals surface area contributed by atoms with Gasteiger partial charge in [-0.3, -0.25) is 19.8 Å². The summed E-state index contributed by atoms with van der Waals surface area (Å²) in [5, 5.41) is 16.0. The third-order valence-corrected chi connectivity index (χ3v) is 6.20. The van der Waals surface area contributed by atoms with Gasteiger partial charge in [-0.2, -0.15) is 0 Å². The third kappa shape index (κ3) is 4.76. The smallest absolute Gasteiger partial charge is 0.269 e. The SMILES string of the molecule is CCN1CCN([C@H](c2cccs2)[C@@H](C)NC(=O)c2ccc([N+](=O)[O-])cc2)CC1. The number of benzene rings is 1. The van der Waals surface area contributed by atoms with Crippen LogP contribution in [0.3, 0.4) is 0 Å². The van der Waals surface area contributed by atoms with Gasteiger partial charge in [0.25, 0.3) is 11.6 Å². The number of non-ortho nitro benzene ring substituents is 1. The first kappa shape index (κ1) is 20.4. The minimum absolute atomic E-state index is 0.0187. The van der Waals surface area contributed by atoms with E-state index in [0.29, 0.717) is 5.56 Å². The molecule has 1 aromatic carbocycles. The lowest BCUT2D eigenvalue weighted by atomic mass is 10.0. The number of piperazine rings is 1. The first-order valence-corrected chi connectivity index (χ1v) is 10.4. The molecule has 0 bridgehead atoms. The van der Waals surface area contributed by atoms with E-state index in [1.807, 2.05) is 13.0 Å². The molecule has 1 N–H and O–H groups in total. The predicted molar refractivity (Wildman–Crippen MR) is 111 cm³/mol. The summed E-state index contributed by atoms with van der Waals surface area (Å²) in [6.07, 6.45) is 0. The van der Waals surface area contributed by atoms with Crippen LogP contribution in [0.5, 0.6) is 0 Å². The second-order valence-electron chi connectivity index (χ2n) is 7.00. The van der Waals surface area contributed by atoms with Crippen molar-refractivity contribution in [2.45, 2.75) is 25.9 Å². The van der Waals surface area contributed by atoms with Gasteiger partial charge in [-0.25, -0.2) is 0 Å². The maximum Gasteiger partial charge on any atom is 0.269 e. The van der Waals surface area contributed by atoms with Crippen LogP contribution in [-0.4, -0.2) is 59.4 Å². The van der Waals surface area contributed by atoms with Crippen molar-refractivity contribution in [3.05, 3.63) is 62.3 Å². The summed E-state index contributed by atoms with van der Waals surface area (Å²) in [7, 11) is 0. The van der Waals surface area contributed by atoms with E-state index in [1.54, 1.807) is 11.3 Å². The molecule has 0 radical (unpaired) electrons. The van der Waals surface area contributed by atoms with Gasteiger partial charge in [0.15, 0.2) is 0 Å². The Bertz CT molecular complexity index is 786. The molecule has 1 aliphatic heterocycles. The molecule has 0 aliphatic carbocycles. The number of nitrogens with one attached hydrogen (secondary N) is 1. The predicted octanol–water partition coefficient (Wildman–Crippen LogP) is 3.15. The van der Waals surface area contributed by atoms with Crippen molar-refractivity contribution in [3.8, 4) is 0 Å². The highest BCUT2D eigenvalue weighted by atomic mass is 32.1. The van der Waals surface area contributed by atoms with E-state index in [2.05, 4.69) is 33.5 Å². The van der Waals surface area contributed by atoms with Crippen LogP contribution >= 0.6 is 11.3 Å². The summed E-state index contributed by atoms with van der Waals surface area (Å²) in [4.78, 5) is 29.1. The molecule has 1 aliphatic rings. The fourth-order valence-corrected chi connectivity index (χ4v) is 4.63. The second-order valence-corrected chi connectivity index (χ2v) is 7.98. The number of hydrogen-bond donors (Lipinski definition) is 1. The Kier molecular flexibility index (Phi) is 6.77. The Hall–Kier alpha value is -2.29. The molecule has 28 heavy (non-hydrogen) atoms. The topological polar surface area (TPSA) is 78.7 Å². The second kappa shape index (κ2) is 9.27. The van der Waals surface area contributed by atoms with Crippen molar-refractivity contribution in [2.75, 3.05) is 32.7 Å². The van der Waals surface area contributed by atoms with E-state index in [1.165, 1.54) is 29.1 Å². The molecule has 7 nitrogen and oxygen atoms in total. The Morgan fingerprint density at radius 1 is 1.21 bits per heavy atom. The van der Waals surface area contributed by atoms with Gasteiger partial charge in [-0.15, -0.1) is 11.3 Å². The fourth-order valence-electron chi connectivity index (χ4n) is 3.66. The van der Waals surface area contributed by atoms with E-state index >= 15 is 0 Å². The quantitative estimate of drug-likeness (QED) is 0.569. The number of carbonyl (C=O) groups is 1. The van der Waals surface area contributed by atoms with E-state index in [-0.39, 0.29) is 23.7 Å². The number of hydrogen-bond acceptors (Lipinski definition) is 6. The molecule has 0 unspecified atom stereocenters. The van der Waals surface area contributed by atoms with Gasteiger partial charge in [-0.05, 0) is 37.0 Å². The summed E-state index contributed by atoms with van der Waals surface area (Å²) in [6.45, 7) is 9.26. The number of nitrogens with zero attached hydrogens (tertiary/aromatic N) is 3. The van der Waals surface area contributed by atoms with Crippen molar-refractivity contribution in [1.82, 2.24) is 15.1 Å². The normalized spacial score (nSPS) is 17.8. The van der Waals surface area contributed by atoms with Crippen molar-refractivity contribution in [3.63, 3.8) is 0 Å². The Labute approximate surface area is 169 Å². The molecule has 2 heterocycles. The summed E-state index contributed by atoms with van der Waals surface area (Å²) >= 11 is 1.71. The van der Waals surface area contributed by atoms with E-state index < -0.39 is 4.92 Å². The van der Waals surface area contributed by atoms with Crippen LogP contribution in [-0.2, 0) is 0 Å². The van der Waals surface area contributed by atoms with E-state index in [4.69, 9.17) is 0 Å². The van der Waals surface area contributed by atoms with Gasteiger partial charge in [0, 0.05) is 54.8 Å². The molecule has 1 saturated heterocycles. The van der Waals surface area contributed by atoms with Crippen LogP contribution in [0.15, 0.2) is 41.8 Å². The molecular weight excluding hydrogens is 376 g/mol. The monoisotopic (exact) mass is 402 g/mol. The first-order chi connectivity index (χ1) is 13.5. The van der Waals surface area contributed by atoms with Crippen LogP contribution in [0, 0.1) is 10.1 Å². The summed E-state index contributed by atoms with van der Waals surface area (Å²) in [5.74, 6) is -0.212. The number of thiophene rings is 1. The number of rotatable bonds is 7. The summed E-state index contributed by atoms with van der Waals surface area (Å²) < 4.78 is 0. The van der Waals surface area contributed by atoms with Crippen molar-refractivity contribution in [2.24, 2.45) is 0 Å². The van der Waals surface area contributed by atoms with Gasteiger partial charge in [0.05, 0.1) is 11.0 Å². The molecule has 150 valence electrons. The zero-order chi connectivity index (χ0) is 20.1. The zero-order valence-corrected chi connectivity index (χ0v) is 17.0. The van der Waals surface area contributed by atoms with Crippen LogP contribution in [0.2, 0.25) is 0 Å². The zero-order valence-electron chi connectivity index (χ0n) is 16.2. The molecule has 1 amide bonds. The van der Waals surface area contributed by atoms with Gasteiger partial charge in [0.2, 0.25) is 0 Å². The number of likely N-dealkylation sites (N-methyl/N-ethyl adjacent to an activating group) is 1. The number of carbonyl (C=O) groups excluding carboxylic acids is 1. The minimum Gasteiger partial charge on any atom is -0.348 e. The molecule has 0 saturated carbocycles. The number of amides is 1. The first-order valence-electron chi connectivity index (χ1n) is 9.54. The highest BCUT2D eigenvalue weighted by Gasteiger charge is 2.30. The van der Waals surface area contributed by atoms with E-state index in [9.17, 15) is 14.9 Å². The Morgan fingerprint density at radius 3 is 2.43 bits per heavy atom. The molecule has 2 aromatic rings. The van der Waals surface area contributed by atoms with Crippen LogP contribution in [0.1, 0.15) is 35.1 Å². The minimum atomic E-state index is -0.465. The molecule has 1 aromatic heterocycles. The summed E-state index contributed by atoms with van der Waals surface area (Å²) in [5.41, 5.74) is 0.410. The van der Waals surface area contributed by atoms with Crippen LogP contribution in [0.25, 0.3) is 0 Å². The number of nitro groups is 1. The van der Waals surface area contributed by atoms with E-state index in [0.717, 1.165) is 32.7 Å². The highest BCUT2D eigenvalue weighted by molar-refractivity contribution is 7.10. The molecule has 0 spiro atoms. The molecule has 8 heteroatoms. The largest absolute Gasteiger partial charge is 0.348 e. The van der Waals surface area contributed by atoms with Crippen molar-refractivity contribution >= 4 is 22.9 Å². The van der Waals surface area contributed by atoms with Crippen molar-refractivity contribution < 1.29 is 9.72 Å². The number of nitro benzene ring substituents is 1. The van der Waals surface area contributed by atoms with Gasteiger partial charge in [-0.1, -0.05) is 13.0 Å². The Balaban J connectivity index is 1.71. The lowest BCUT2D eigenvalue weighted by Gasteiger charge is -2.41. The lowest BCUT2D eigenvalue weighted by molar-refractivity contribution is -0.384. The van der Waals surface area contributed by atoms with Gasteiger partial charge >= 0.3 is 0 Å². The molecule has 3 rings (SSSR count). The maximum atomic E-state index is 12.7.